The van der Waals surface area contributed by atoms with Crippen molar-refractivity contribution < 1.29 is 19.1 Å². The molecule has 7 heteroatoms. The average Bonchev–Trinajstić information content (AvgIpc) is 2.72. The summed E-state index contributed by atoms with van der Waals surface area (Å²) < 4.78 is 11.1. The van der Waals surface area contributed by atoms with E-state index in [0.717, 1.165) is 5.75 Å². The first-order chi connectivity index (χ1) is 13.7. The zero-order chi connectivity index (χ0) is 19.3. The molecule has 2 heterocycles. The van der Waals surface area contributed by atoms with Crippen molar-refractivity contribution in [3.8, 4) is 17.2 Å². The number of carbonyl (C=O) groups excluding carboxylic acids is 2. The van der Waals surface area contributed by atoms with Gasteiger partial charge < -0.3 is 14.8 Å². The topological polar surface area (TPSA) is 80.8 Å². The van der Waals surface area contributed by atoms with E-state index >= 15 is 0 Å². The molecule has 0 radical (unpaired) electrons. The van der Waals surface area contributed by atoms with Crippen molar-refractivity contribution >= 4 is 23.3 Å². The van der Waals surface area contributed by atoms with Crippen LogP contribution in [-0.2, 0) is 9.59 Å². The van der Waals surface area contributed by atoms with Crippen LogP contribution in [0.5, 0.6) is 17.2 Å². The highest BCUT2D eigenvalue weighted by atomic mass is 16.5. The smallest absolute Gasteiger partial charge is 0.266 e. The van der Waals surface area contributed by atoms with Gasteiger partial charge in [0.25, 0.3) is 5.91 Å². The fraction of sp³-hybridized carbons (Fsp3) is 0.0952. The van der Waals surface area contributed by atoms with Gasteiger partial charge in [-0.3, -0.25) is 14.5 Å². The van der Waals surface area contributed by atoms with Crippen LogP contribution in [0.25, 0.3) is 0 Å². The number of amides is 2. The summed E-state index contributed by atoms with van der Waals surface area (Å²) in [4.78, 5) is 30.0. The Kier molecular flexibility index (Phi) is 4.88. The Morgan fingerprint density at radius 3 is 2.57 bits per heavy atom. The first-order valence-corrected chi connectivity index (χ1v) is 8.70. The lowest BCUT2D eigenvalue weighted by atomic mass is 10.3. The second-order valence-electron chi connectivity index (χ2n) is 6.08. The molecule has 0 fully saturated rings. The number of rotatable bonds is 5. The average molecular weight is 375 g/mol. The van der Waals surface area contributed by atoms with E-state index < -0.39 is 0 Å². The van der Waals surface area contributed by atoms with Crippen LogP contribution in [0, 0.1) is 0 Å². The van der Waals surface area contributed by atoms with Gasteiger partial charge in [-0.25, -0.2) is 4.98 Å². The summed E-state index contributed by atoms with van der Waals surface area (Å²) in [7, 11) is 0. The highest BCUT2D eigenvalue weighted by Crippen LogP contribution is 2.29. The van der Waals surface area contributed by atoms with Gasteiger partial charge >= 0.3 is 0 Å². The second kappa shape index (κ2) is 7.79. The van der Waals surface area contributed by atoms with E-state index in [0.29, 0.717) is 23.0 Å². The molecule has 3 aromatic rings. The van der Waals surface area contributed by atoms with Gasteiger partial charge in [0.15, 0.2) is 18.2 Å². The predicted molar refractivity (Wildman–Crippen MR) is 104 cm³/mol. The third-order valence-corrected chi connectivity index (χ3v) is 4.08. The molecule has 0 atom stereocenters. The number of benzene rings is 2. The number of nitrogens with zero attached hydrogens (tertiary/aromatic N) is 2. The van der Waals surface area contributed by atoms with Gasteiger partial charge in [-0.15, -0.1) is 0 Å². The van der Waals surface area contributed by atoms with Crippen LogP contribution in [0.2, 0.25) is 0 Å². The van der Waals surface area contributed by atoms with E-state index in [2.05, 4.69) is 10.3 Å². The van der Waals surface area contributed by atoms with E-state index in [-0.39, 0.29) is 25.0 Å². The minimum absolute atomic E-state index is 0.114. The molecule has 0 bridgehead atoms. The number of hydrogen-bond donors (Lipinski definition) is 1. The van der Waals surface area contributed by atoms with E-state index in [1.165, 1.54) is 4.90 Å². The van der Waals surface area contributed by atoms with Crippen LogP contribution in [0.15, 0.2) is 72.9 Å². The largest absolute Gasteiger partial charge is 0.480 e. The molecule has 0 aliphatic carbocycles. The number of nitrogens with one attached hydrogen (secondary N) is 1. The molecule has 140 valence electrons. The summed E-state index contributed by atoms with van der Waals surface area (Å²) in [6.07, 6.45) is 1.55. The molecule has 0 saturated heterocycles. The van der Waals surface area contributed by atoms with Crippen molar-refractivity contribution in [1.29, 1.82) is 0 Å². The van der Waals surface area contributed by atoms with E-state index in [1.807, 2.05) is 30.3 Å². The maximum atomic E-state index is 12.4. The number of pyridine rings is 1. The SMILES string of the molecule is O=C(CN1C(=O)COc2cccnc21)Nc1ccc(Oc2ccccc2)cc1. The molecule has 2 aromatic carbocycles. The van der Waals surface area contributed by atoms with Crippen LogP contribution in [-0.4, -0.2) is 29.9 Å². The molecule has 1 N–H and O–H groups in total. The Morgan fingerprint density at radius 1 is 1.04 bits per heavy atom. The highest BCUT2D eigenvalue weighted by Gasteiger charge is 2.28. The Bertz CT molecular complexity index is 990. The van der Waals surface area contributed by atoms with Gasteiger partial charge in [0, 0.05) is 11.9 Å². The first-order valence-electron chi connectivity index (χ1n) is 8.70. The quantitative estimate of drug-likeness (QED) is 0.740. The molecular weight excluding hydrogens is 358 g/mol. The normalized spacial score (nSPS) is 12.7. The minimum Gasteiger partial charge on any atom is -0.480 e. The van der Waals surface area contributed by atoms with E-state index in [9.17, 15) is 9.59 Å². The van der Waals surface area contributed by atoms with Crippen LogP contribution in [0.3, 0.4) is 0 Å². The van der Waals surface area contributed by atoms with E-state index in [4.69, 9.17) is 9.47 Å². The molecule has 2 amide bonds. The number of fused-ring (bicyclic) bond motifs is 1. The minimum atomic E-state index is -0.330. The fourth-order valence-corrected chi connectivity index (χ4v) is 2.77. The molecule has 0 unspecified atom stereocenters. The van der Waals surface area contributed by atoms with Crippen molar-refractivity contribution in [2.24, 2.45) is 0 Å². The van der Waals surface area contributed by atoms with Gasteiger partial charge in [-0.2, -0.15) is 0 Å². The van der Waals surface area contributed by atoms with Crippen molar-refractivity contribution in [2.75, 3.05) is 23.4 Å². The molecule has 28 heavy (non-hydrogen) atoms. The third-order valence-electron chi connectivity index (χ3n) is 4.08. The maximum absolute atomic E-state index is 12.4. The number of ether oxygens (including phenoxy) is 2. The van der Waals surface area contributed by atoms with Gasteiger partial charge in [0.05, 0.1) is 0 Å². The van der Waals surface area contributed by atoms with Crippen molar-refractivity contribution in [2.45, 2.75) is 0 Å². The first kappa shape index (κ1) is 17.5. The monoisotopic (exact) mass is 375 g/mol. The lowest BCUT2D eigenvalue weighted by Crippen LogP contribution is -2.43. The van der Waals surface area contributed by atoms with Gasteiger partial charge in [0.1, 0.15) is 18.0 Å². The van der Waals surface area contributed by atoms with Crippen molar-refractivity contribution in [3.63, 3.8) is 0 Å². The van der Waals surface area contributed by atoms with Gasteiger partial charge in [-0.1, -0.05) is 18.2 Å². The lowest BCUT2D eigenvalue weighted by Gasteiger charge is -2.27. The molecule has 0 spiro atoms. The Hall–Kier alpha value is -3.87. The lowest BCUT2D eigenvalue weighted by molar-refractivity contribution is -0.123. The summed E-state index contributed by atoms with van der Waals surface area (Å²) >= 11 is 0. The number of carbonyl (C=O) groups is 2. The summed E-state index contributed by atoms with van der Waals surface area (Å²) in [6, 6.07) is 19.9. The zero-order valence-electron chi connectivity index (χ0n) is 14.9. The molecule has 1 aliphatic heterocycles. The number of hydrogen-bond acceptors (Lipinski definition) is 5. The molecular formula is C21H17N3O4. The predicted octanol–water partition coefficient (Wildman–Crippen LogP) is 3.24. The standard InChI is InChI=1S/C21H17N3O4/c25-19(13-24-20(26)14-27-18-7-4-12-22-21(18)24)23-15-8-10-17(11-9-15)28-16-5-2-1-3-6-16/h1-12H,13-14H2,(H,23,25). The number of para-hydroxylation sites is 1. The van der Waals surface area contributed by atoms with Crippen LogP contribution >= 0.6 is 0 Å². The fourth-order valence-electron chi connectivity index (χ4n) is 2.77. The molecule has 1 aliphatic rings. The summed E-state index contributed by atoms with van der Waals surface area (Å²) in [5.74, 6) is 1.58. The number of anilines is 2. The second-order valence-corrected chi connectivity index (χ2v) is 6.08. The number of aromatic nitrogens is 1. The third kappa shape index (κ3) is 3.93. The van der Waals surface area contributed by atoms with Gasteiger partial charge in [-0.05, 0) is 48.5 Å². The maximum Gasteiger partial charge on any atom is 0.266 e. The van der Waals surface area contributed by atoms with Crippen molar-refractivity contribution in [1.82, 2.24) is 4.98 Å². The van der Waals surface area contributed by atoms with Gasteiger partial charge in [0.2, 0.25) is 5.91 Å². The van der Waals surface area contributed by atoms with Crippen molar-refractivity contribution in [3.05, 3.63) is 72.9 Å². The Labute approximate surface area is 161 Å². The summed E-state index contributed by atoms with van der Waals surface area (Å²) in [5.41, 5.74) is 0.604. The zero-order valence-corrected chi connectivity index (χ0v) is 14.9. The molecule has 7 nitrogen and oxygen atoms in total. The van der Waals surface area contributed by atoms with Crippen LogP contribution in [0.4, 0.5) is 11.5 Å². The van der Waals surface area contributed by atoms with Crippen LogP contribution < -0.4 is 19.7 Å². The summed E-state index contributed by atoms with van der Waals surface area (Å²) in [5, 5.41) is 2.77. The molecule has 0 saturated carbocycles. The molecule has 1 aromatic heterocycles. The Morgan fingerprint density at radius 2 is 1.79 bits per heavy atom. The molecule has 4 rings (SSSR count). The summed E-state index contributed by atoms with van der Waals surface area (Å²) in [6.45, 7) is -0.258. The van der Waals surface area contributed by atoms with E-state index in [1.54, 1.807) is 42.6 Å². The van der Waals surface area contributed by atoms with Crippen LogP contribution in [0.1, 0.15) is 0 Å². The Balaban J connectivity index is 1.39. The highest BCUT2D eigenvalue weighted by molar-refractivity contribution is 6.04.